The fraction of sp³-hybridized carbons (Fsp3) is 0.259. The van der Waals surface area contributed by atoms with Gasteiger partial charge in [0.1, 0.15) is 5.75 Å². The molecule has 3 aromatic carbocycles. The van der Waals surface area contributed by atoms with Crippen LogP contribution >= 0.6 is 27.5 Å². The molecule has 1 fully saturated rings. The van der Waals surface area contributed by atoms with Crippen LogP contribution in [-0.4, -0.2) is 31.8 Å². The maximum atomic E-state index is 12.9. The maximum Gasteiger partial charge on any atom is 0.198 e. The van der Waals surface area contributed by atoms with E-state index in [4.69, 9.17) is 21.4 Å². The molecule has 0 spiro atoms. The summed E-state index contributed by atoms with van der Waals surface area (Å²) in [6.07, 6.45) is 1.99. The van der Waals surface area contributed by atoms with E-state index in [9.17, 15) is 4.79 Å². The number of hydrazone groups is 1. The number of amidine groups is 1. The molecule has 2 aliphatic rings. The lowest BCUT2D eigenvalue weighted by atomic mass is 10.1. The lowest BCUT2D eigenvalue weighted by molar-refractivity contribution is -0.111. The van der Waals surface area contributed by atoms with Crippen LogP contribution in [0.2, 0.25) is 5.02 Å². The van der Waals surface area contributed by atoms with E-state index in [2.05, 4.69) is 45.1 Å². The Morgan fingerprint density at radius 1 is 0.971 bits per heavy atom. The molecular formula is C27H26BrClN4O2. The summed E-state index contributed by atoms with van der Waals surface area (Å²) in [7, 11) is 1.65. The first-order valence-electron chi connectivity index (χ1n) is 11.6. The summed E-state index contributed by atoms with van der Waals surface area (Å²) in [6, 6.07) is 21.7. The van der Waals surface area contributed by atoms with Crippen LogP contribution in [0, 0.1) is 0 Å². The summed E-state index contributed by atoms with van der Waals surface area (Å²) in [5.74, 6) is 0.945. The topological polar surface area (TPSA) is 48.4 Å². The van der Waals surface area contributed by atoms with Gasteiger partial charge in [0.05, 0.1) is 12.8 Å². The number of Topliss-reactive ketones (excluding diaryl/α,β-unsaturated/α-hetero) is 1. The highest BCUT2D eigenvalue weighted by Gasteiger charge is 2.40. The van der Waals surface area contributed by atoms with E-state index in [1.54, 1.807) is 14.0 Å². The van der Waals surface area contributed by atoms with Crippen molar-refractivity contribution in [3.8, 4) is 5.75 Å². The molecule has 0 radical (unpaired) electrons. The van der Waals surface area contributed by atoms with Crippen molar-refractivity contribution in [2.75, 3.05) is 35.0 Å². The van der Waals surface area contributed by atoms with E-state index in [1.807, 2.05) is 52.4 Å². The molecule has 0 amide bonds. The van der Waals surface area contributed by atoms with Gasteiger partial charge in [-0.3, -0.25) is 9.69 Å². The second kappa shape index (κ2) is 9.91. The normalized spacial score (nSPS) is 17.7. The standard InChI is InChI=1S/C27H26BrClN4O2/c1-18(34)26-30-33(23-8-6-20(29)7-9-23)27(24-17-19(28)5-14-25(24)35-2)32(26)22-12-10-21(11-13-22)31-15-3-4-16-31/h5-14,17,27H,3-4,15-16H2,1-2H3. The summed E-state index contributed by atoms with van der Waals surface area (Å²) in [5, 5.41) is 7.30. The molecule has 1 unspecified atom stereocenters. The van der Waals surface area contributed by atoms with Gasteiger partial charge in [-0.15, -0.1) is 5.10 Å². The van der Waals surface area contributed by atoms with Crippen molar-refractivity contribution in [1.29, 1.82) is 0 Å². The van der Waals surface area contributed by atoms with Crippen molar-refractivity contribution >= 4 is 56.2 Å². The zero-order valence-electron chi connectivity index (χ0n) is 19.6. The number of carbonyl (C=O) groups excluding carboxylic acids is 1. The first-order valence-corrected chi connectivity index (χ1v) is 12.8. The minimum Gasteiger partial charge on any atom is -0.496 e. The van der Waals surface area contributed by atoms with E-state index < -0.39 is 6.17 Å². The fourth-order valence-corrected chi connectivity index (χ4v) is 5.21. The van der Waals surface area contributed by atoms with Gasteiger partial charge in [0.15, 0.2) is 17.8 Å². The number of halogens is 2. The Morgan fingerprint density at radius 2 is 1.60 bits per heavy atom. The first kappa shape index (κ1) is 23.7. The highest BCUT2D eigenvalue weighted by Crippen LogP contribution is 2.43. The SMILES string of the molecule is COc1ccc(Br)cc1C1N(c2ccc(Cl)cc2)N=C(C(C)=O)N1c1ccc(N2CCCC2)cc1. The van der Waals surface area contributed by atoms with E-state index in [-0.39, 0.29) is 5.78 Å². The molecule has 5 rings (SSSR count). The molecule has 3 aromatic rings. The van der Waals surface area contributed by atoms with Crippen LogP contribution in [0.3, 0.4) is 0 Å². The summed E-state index contributed by atoms with van der Waals surface area (Å²) in [4.78, 5) is 17.2. The van der Waals surface area contributed by atoms with Crippen molar-refractivity contribution < 1.29 is 9.53 Å². The van der Waals surface area contributed by atoms with Gasteiger partial charge < -0.3 is 9.64 Å². The predicted octanol–water partition coefficient (Wildman–Crippen LogP) is 6.64. The van der Waals surface area contributed by atoms with Gasteiger partial charge in [0.2, 0.25) is 0 Å². The average molecular weight is 554 g/mol. The number of hydrogen-bond donors (Lipinski definition) is 0. The lowest BCUT2D eigenvalue weighted by Gasteiger charge is -2.33. The molecule has 2 heterocycles. The van der Waals surface area contributed by atoms with Gasteiger partial charge >= 0.3 is 0 Å². The molecule has 1 saturated heterocycles. The van der Waals surface area contributed by atoms with Crippen LogP contribution in [0.15, 0.2) is 76.3 Å². The van der Waals surface area contributed by atoms with Crippen LogP contribution < -0.4 is 19.5 Å². The third kappa shape index (κ3) is 4.62. The molecule has 0 saturated carbocycles. The molecule has 2 aliphatic heterocycles. The molecule has 0 bridgehead atoms. The number of methoxy groups -OCH3 is 1. The average Bonchev–Trinajstić information content (AvgIpc) is 3.53. The van der Waals surface area contributed by atoms with Gasteiger partial charge in [0, 0.05) is 46.4 Å². The zero-order chi connectivity index (χ0) is 24.5. The summed E-state index contributed by atoms with van der Waals surface area (Å²) < 4.78 is 6.65. The summed E-state index contributed by atoms with van der Waals surface area (Å²) in [5.41, 5.74) is 3.76. The van der Waals surface area contributed by atoms with E-state index >= 15 is 0 Å². The Morgan fingerprint density at radius 3 is 2.23 bits per heavy atom. The van der Waals surface area contributed by atoms with Crippen LogP contribution in [0.5, 0.6) is 5.75 Å². The van der Waals surface area contributed by atoms with Crippen molar-refractivity contribution in [3.05, 3.63) is 81.8 Å². The number of ketones is 1. The van der Waals surface area contributed by atoms with Crippen molar-refractivity contribution in [2.45, 2.75) is 25.9 Å². The van der Waals surface area contributed by atoms with Crippen LogP contribution in [0.4, 0.5) is 17.1 Å². The number of rotatable bonds is 6. The highest BCUT2D eigenvalue weighted by atomic mass is 79.9. The Balaban J connectivity index is 1.65. The number of ether oxygens (including phenoxy) is 1. The quantitative estimate of drug-likeness (QED) is 0.342. The van der Waals surface area contributed by atoms with Gasteiger partial charge in [0.25, 0.3) is 0 Å². The molecule has 0 aliphatic carbocycles. The second-order valence-electron chi connectivity index (χ2n) is 8.64. The molecular weight excluding hydrogens is 528 g/mol. The number of hydrogen-bond acceptors (Lipinski definition) is 6. The molecule has 0 aromatic heterocycles. The van der Waals surface area contributed by atoms with E-state index in [1.165, 1.54) is 18.5 Å². The zero-order valence-corrected chi connectivity index (χ0v) is 22.0. The molecule has 0 N–H and O–H groups in total. The van der Waals surface area contributed by atoms with Crippen molar-refractivity contribution in [3.63, 3.8) is 0 Å². The van der Waals surface area contributed by atoms with E-state index in [0.717, 1.165) is 34.5 Å². The third-order valence-corrected chi connectivity index (χ3v) is 7.13. The first-order chi connectivity index (χ1) is 17.0. The van der Waals surface area contributed by atoms with Crippen LogP contribution in [0.1, 0.15) is 31.5 Å². The fourth-order valence-electron chi connectivity index (χ4n) is 4.70. The van der Waals surface area contributed by atoms with Gasteiger partial charge in [-0.25, -0.2) is 5.01 Å². The van der Waals surface area contributed by atoms with Gasteiger partial charge in [-0.2, -0.15) is 0 Å². The third-order valence-electron chi connectivity index (χ3n) is 6.38. The molecule has 1 atom stereocenters. The number of carbonyl (C=O) groups is 1. The molecule has 180 valence electrons. The predicted molar refractivity (Wildman–Crippen MR) is 146 cm³/mol. The number of nitrogens with zero attached hydrogens (tertiary/aromatic N) is 4. The molecule has 6 nitrogen and oxygen atoms in total. The minimum absolute atomic E-state index is 0.121. The van der Waals surface area contributed by atoms with Crippen molar-refractivity contribution in [2.24, 2.45) is 5.10 Å². The Labute approximate surface area is 218 Å². The Hall–Kier alpha value is -3.03. The lowest BCUT2D eigenvalue weighted by Crippen LogP contribution is -2.38. The maximum absolute atomic E-state index is 12.9. The van der Waals surface area contributed by atoms with E-state index in [0.29, 0.717) is 16.6 Å². The van der Waals surface area contributed by atoms with Crippen LogP contribution in [-0.2, 0) is 4.79 Å². The number of anilines is 3. The second-order valence-corrected chi connectivity index (χ2v) is 9.99. The van der Waals surface area contributed by atoms with Gasteiger partial charge in [-0.1, -0.05) is 27.5 Å². The Bertz CT molecular complexity index is 1260. The number of benzene rings is 3. The molecule has 35 heavy (non-hydrogen) atoms. The van der Waals surface area contributed by atoms with Crippen LogP contribution in [0.25, 0.3) is 0 Å². The largest absolute Gasteiger partial charge is 0.496 e. The highest BCUT2D eigenvalue weighted by molar-refractivity contribution is 9.10. The van der Waals surface area contributed by atoms with Crippen molar-refractivity contribution in [1.82, 2.24) is 0 Å². The van der Waals surface area contributed by atoms with Gasteiger partial charge in [-0.05, 0) is 79.6 Å². The summed E-state index contributed by atoms with van der Waals surface area (Å²) >= 11 is 9.77. The monoisotopic (exact) mass is 552 g/mol. The summed E-state index contributed by atoms with van der Waals surface area (Å²) in [6.45, 7) is 3.70. The Kier molecular flexibility index (Phi) is 6.71. The molecule has 8 heteroatoms. The minimum atomic E-state index is -0.444. The smallest absolute Gasteiger partial charge is 0.198 e.